The SMILES string of the molecule is CCCCCc1cc2cc(O)cc(Oc3c(O)cc(OC)c(C(=O)O)c3CCCCC)c2c(=O)o1. The molecule has 0 radical (unpaired) electrons. The second-order valence-corrected chi connectivity index (χ2v) is 8.51. The fraction of sp³-hybridized carbons (Fsp3) is 0.407. The number of phenolic OH excluding ortho intramolecular Hbond substituents is 2. The molecule has 0 saturated heterocycles. The van der Waals surface area contributed by atoms with Crippen molar-refractivity contribution in [2.75, 3.05) is 7.11 Å². The molecule has 3 N–H and O–H groups in total. The molecule has 0 amide bonds. The number of aromatic hydroxyl groups is 2. The minimum absolute atomic E-state index is 0.00542. The zero-order valence-corrected chi connectivity index (χ0v) is 20.3. The number of hydrogen-bond acceptors (Lipinski definition) is 7. The number of benzene rings is 2. The Morgan fingerprint density at radius 1 is 0.943 bits per heavy atom. The van der Waals surface area contributed by atoms with E-state index in [0.29, 0.717) is 30.4 Å². The summed E-state index contributed by atoms with van der Waals surface area (Å²) in [6, 6.07) is 5.55. The molecular weight excluding hydrogens is 452 g/mol. The number of unbranched alkanes of at least 4 members (excludes halogenated alkanes) is 4. The van der Waals surface area contributed by atoms with Gasteiger partial charge in [0.1, 0.15) is 34.0 Å². The van der Waals surface area contributed by atoms with Gasteiger partial charge in [-0.2, -0.15) is 0 Å². The van der Waals surface area contributed by atoms with E-state index in [1.807, 2.05) is 6.92 Å². The van der Waals surface area contributed by atoms with Gasteiger partial charge in [0.2, 0.25) is 0 Å². The summed E-state index contributed by atoms with van der Waals surface area (Å²) in [5, 5.41) is 31.5. The van der Waals surface area contributed by atoms with Gasteiger partial charge in [0, 0.05) is 24.1 Å². The molecule has 35 heavy (non-hydrogen) atoms. The van der Waals surface area contributed by atoms with Gasteiger partial charge in [0.25, 0.3) is 0 Å². The number of fused-ring (bicyclic) bond motifs is 1. The molecule has 0 aliphatic carbocycles. The molecule has 0 spiro atoms. The Morgan fingerprint density at radius 3 is 2.26 bits per heavy atom. The van der Waals surface area contributed by atoms with E-state index in [9.17, 15) is 24.9 Å². The molecular formula is C27H32O8. The molecule has 8 heteroatoms. The average molecular weight is 485 g/mol. The molecule has 0 atom stereocenters. The van der Waals surface area contributed by atoms with Crippen LogP contribution in [0.3, 0.4) is 0 Å². The van der Waals surface area contributed by atoms with Crippen LogP contribution < -0.4 is 15.1 Å². The van der Waals surface area contributed by atoms with Gasteiger partial charge in [-0.15, -0.1) is 0 Å². The van der Waals surface area contributed by atoms with E-state index in [0.717, 1.165) is 32.1 Å². The number of carbonyl (C=O) groups is 1. The lowest BCUT2D eigenvalue weighted by molar-refractivity contribution is 0.0691. The number of aryl methyl sites for hydroxylation is 1. The minimum atomic E-state index is -1.23. The van der Waals surface area contributed by atoms with Crippen LogP contribution in [-0.2, 0) is 12.8 Å². The molecule has 3 rings (SSSR count). The fourth-order valence-corrected chi connectivity index (χ4v) is 4.17. The molecule has 2 aromatic carbocycles. The van der Waals surface area contributed by atoms with Crippen molar-refractivity contribution < 1.29 is 34.0 Å². The highest BCUT2D eigenvalue weighted by atomic mass is 16.5. The van der Waals surface area contributed by atoms with Crippen LogP contribution in [0, 0.1) is 0 Å². The van der Waals surface area contributed by atoms with Crippen molar-refractivity contribution in [2.45, 2.75) is 65.2 Å². The Morgan fingerprint density at radius 2 is 1.63 bits per heavy atom. The third-order valence-corrected chi connectivity index (χ3v) is 5.89. The number of ether oxygens (including phenoxy) is 2. The maximum absolute atomic E-state index is 12.9. The maximum Gasteiger partial charge on any atom is 0.347 e. The third kappa shape index (κ3) is 5.88. The summed E-state index contributed by atoms with van der Waals surface area (Å²) in [4.78, 5) is 25.0. The lowest BCUT2D eigenvalue weighted by atomic mass is 9.98. The van der Waals surface area contributed by atoms with E-state index in [4.69, 9.17) is 13.9 Å². The number of methoxy groups -OCH3 is 1. The quantitative estimate of drug-likeness (QED) is 0.261. The number of phenols is 2. The van der Waals surface area contributed by atoms with Gasteiger partial charge in [0.15, 0.2) is 11.5 Å². The largest absolute Gasteiger partial charge is 0.508 e. The Bertz CT molecular complexity index is 1260. The first-order chi connectivity index (χ1) is 16.8. The summed E-state index contributed by atoms with van der Waals surface area (Å²) in [5.41, 5.74) is -0.506. The Balaban J connectivity index is 2.16. The predicted molar refractivity (Wildman–Crippen MR) is 132 cm³/mol. The van der Waals surface area contributed by atoms with E-state index in [1.165, 1.54) is 25.3 Å². The minimum Gasteiger partial charge on any atom is -0.508 e. The summed E-state index contributed by atoms with van der Waals surface area (Å²) in [6.45, 7) is 4.10. The van der Waals surface area contributed by atoms with E-state index in [2.05, 4.69) is 6.92 Å². The molecule has 1 aromatic heterocycles. The van der Waals surface area contributed by atoms with Gasteiger partial charge in [-0.3, -0.25) is 0 Å². The number of aromatic carboxylic acids is 1. The standard InChI is InChI=1S/C27H32O8/c1-4-6-8-10-18-13-16-12-17(28)14-22(23(16)27(32)34-18)35-25-19(11-9-7-5-2)24(26(30)31)21(33-3)15-20(25)29/h12-15,28-29H,4-11H2,1-3H3,(H,30,31). The van der Waals surface area contributed by atoms with Crippen LogP contribution in [-0.4, -0.2) is 28.4 Å². The normalized spacial score (nSPS) is 11.1. The number of rotatable bonds is 12. The van der Waals surface area contributed by atoms with Crippen LogP contribution in [0.25, 0.3) is 10.8 Å². The Kier molecular flexibility index (Phi) is 8.63. The summed E-state index contributed by atoms with van der Waals surface area (Å²) < 4.78 is 16.7. The molecule has 0 aliphatic heterocycles. The van der Waals surface area contributed by atoms with Crippen molar-refractivity contribution >= 4 is 16.7 Å². The van der Waals surface area contributed by atoms with Gasteiger partial charge >= 0.3 is 11.6 Å². The van der Waals surface area contributed by atoms with Crippen molar-refractivity contribution in [1.82, 2.24) is 0 Å². The first-order valence-electron chi connectivity index (χ1n) is 11.9. The molecule has 0 fully saturated rings. The van der Waals surface area contributed by atoms with Crippen LogP contribution in [0.15, 0.2) is 33.5 Å². The Hall–Kier alpha value is -3.68. The van der Waals surface area contributed by atoms with Crippen LogP contribution in [0.5, 0.6) is 28.7 Å². The zero-order chi connectivity index (χ0) is 25.5. The van der Waals surface area contributed by atoms with E-state index in [-0.39, 0.29) is 45.3 Å². The van der Waals surface area contributed by atoms with E-state index >= 15 is 0 Å². The molecule has 1 heterocycles. The van der Waals surface area contributed by atoms with E-state index < -0.39 is 11.6 Å². The molecule has 0 aliphatic rings. The molecule has 0 unspecified atom stereocenters. The fourth-order valence-electron chi connectivity index (χ4n) is 4.17. The second-order valence-electron chi connectivity index (χ2n) is 8.51. The average Bonchev–Trinajstić information content (AvgIpc) is 2.80. The molecule has 8 nitrogen and oxygen atoms in total. The predicted octanol–water partition coefficient (Wildman–Crippen LogP) is 6.17. The third-order valence-electron chi connectivity index (χ3n) is 5.89. The van der Waals surface area contributed by atoms with E-state index in [1.54, 1.807) is 6.07 Å². The molecule has 188 valence electrons. The Labute approximate surface area is 203 Å². The van der Waals surface area contributed by atoms with Crippen LogP contribution in [0.2, 0.25) is 0 Å². The summed E-state index contributed by atoms with van der Waals surface area (Å²) in [7, 11) is 1.32. The van der Waals surface area contributed by atoms with Crippen molar-refractivity contribution in [1.29, 1.82) is 0 Å². The van der Waals surface area contributed by atoms with Crippen molar-refractivity contribution in [3.05, 3.63) is 51.6 Å². The summed E-state index contributed by atoms with van der Waals surface area (Å²) in [6.07, 6.45) is 6.20. The maximum atomic E-state index is 12.9. The molecule has 0 saturated carbocycles. The van der Waals surface area contributed by atoms with Crippen LogP contribution in [0.1, 0.15) is 74.1 Å². The van der Waals surface area contributed by atoms with Crippen LogP contribution >= 0.6 is 0 Å². The lowest BCUT2D eigenvalue weighted by Crippen LogP contribution is -2.09. The smallest absolute Gasteiger partial charge is 0.347 e. The number of hydrogen-bond donors (Lipinski definition) is 3. The second kappa shape index (κ2) is 11.6. The molecule has 0 bridgehead atoms. The highest BCUT2D eigenvalue weighted by molar-refractivity contribution is 5.95. The first-order valence-corrected chi connectivity index (χ1v) is 11.9. The lowest BCUT2D eigenvalue weighted by Gasteiger charge is -2.18. The number of carboxylic acid groups (broad SMARTS) is 1. The summed E-state index contributed by atoms with van der Waals surface area (Å²) in [5.74, 6) is -1.33. The van der Waals surface area contributed by atoms with Crippen molar-refractivity contribution in [3.8, 4) is 28.7 Å². The van der Waals surface area contributed by atoms with Gasteiger partial charge in [-0.05, 0) is 36.8 Å². The monoisotopic (exact) mass is 484 g/mol. The van der Waals surface area contributed by atoms with Gasteiger partial charge < -0.3 is 29.2 Å². The zero-order valence-electron chi connectivity index (χ0n) is 20.3. The molecule has 3 aromatic rings. The van der Waals surface area contributed by atoms with Crippen LogP contribution in [0.4, 0.5) is 0 Å². The summed E-state index contributed by atoms with van der Waals surface area (Å²) >= 11 is 0. The highest BCUT2D eigenvalue weighted by Crippen LogP contribution is 2.44. The highest BCUT2D eigenvalue weighted by Gasteiger charge is 2.26. The van der Waals surface area contributed by atoms with Gasteiger partial charge in [-0.25, -0.2) is 9.59 Å². The topological polar surface area (TPSA) is 126 Å². The van der Waals surface area contributed by atoms with Crippen molar-refractivity contribution in [2.24, 2.45) is 0 Å². The van der Waals surface area contributed by atoms with Crippen molar-refractivity contribution in [3.63, 3.8) is 0 Å². The van der Waals surface area contributed by atoms with Gasteiger partial charge in [-0.1, -0.05) is 39.5 Å². The van der Waals surface area contributed by atoms with Gasteiger partial charge in [0.05, 0.1) is 7.11 Å². The first kappa shape index (κ1) is 25.9. The number of carboxylic acids is 1.